The van der Waals surface area contributed by atoms with Gasteiger partial charge in [-0.2, -0.15) is 0 Å². The van der Waals surface area contributed by atoms with E-state index < -0.39 is 0 Å². The highest BCUT2D eigenvalue weighted by atomic mass is 16.2. The van der Waals surface area contributed by atoms with Crippen LogP contribution in [0.2, 0.25) is 0 Å². The number of pyridine rings is 1. The van der Waals surface area contributed by atoms with Crippen LogP contribution in [-0.4, -0.2) is 67.0 Å². The fourth-order valence-corrected chi connectivity index (χ4v) is 3.99. The van der Waals surface area contributed by atoms with Crippen molar-refractivity contribution in [2.45, 2.75) is 19.8 Å². The number of nitrogens with zero attached hydrogens (tertiary/aromatic N) is 4. The molecular weight excluding hydrogens is 362 g/mol. The zero-order valence-electron chi connectivity index (χ0n) is 17.5. The summed E-state index contributed by atoms with van der Waals surface area (Å²) in [4.78, 5) is 23.8. The molecule has 1 amide bonds. The van der Waals surface area contributed by atoms with Gasteiger partial charge in [0.1, 0.15) is 5.69 Å². The monoisotopic (exact) mass is 393 g/mol. The van der Waals surface area contributed by atoms with Crippen LogP contribution in [0, 0.1) is 5.92 Å². The third-order valence-corrected chi connectivity index (χ3v) is 6.07. The largest absolute Gasteiger partial charge is 0.369 e. The summed E-state index contributed by atoms with van der Waals surface area (Å²) in [7, 11) is 2.17. The summed E-state index contributed by atoms with van der Waals surface area (Å²) in [6.45, 7) is 8.23. The maximum Gasteiger partial charge on any atom is 0.272 e. The minimum Gasteiger partial charge on any atom is -0.369 e. The van der Waals surface area contributed by atoms with E-state index >= 15 is 0 Å². The molecule has 2 aromatic rings. The number of aromatic nitrogens is 1. The van der Waals surface area contributed by atoms with Crippen molar-refractivity contribution in [3.8, 4) is 0 Å². The van der Waals surface area contributed by atoms with E-state index in [0.717, 1.165) is 63.5 Å². The molecule has 3 heterocycles. The highest BCUT2D eigenvalue weighted by molar-refractivity contribution is 5.93. The fourth-order valence-electron chi connectivity index (χ4n) is 3.99. The second-order valence-corrected chi connectivity index (χ2v) is 8.37. The van der Waals surface area contributed by atoms with Crippen molar-refractivity contribution < 1.29 is 4.79 Å². The number of amides is 1. The van der Waals surface area contributed by atoms with Crippen LogP contribution in [0.4, 0.5) is 17.1 Å². The van der Waals surface area contributed by atoms with Crippen molar-refractivity contribution >= 4 is 23.0 Å². The molecule has 6 heteroatoms. The Kier molecular flexibility index (Phi) is 6.00. The molecule has 1 aromatic heterocycles. The molecule has 0 radical (unpaired) electrons. The molecule has 0 aliphatic carbocycles. The molecule has 1 aromatic carbocycles. The van der Waals surface area contributed by atoms with Gasteiger partial charge in [0, 0.05) is 62.5 Å². The summed E-state index contributed by atoms with van der Waals surface area (Å²) in [5.74, 6) is 0.736. The number of carbonyl (C=O) groups is 1. The Morgan fingerprint density at radius 2 is 1.66 bits per heavy atom. The summed E-state index contributed by atoms with van der Waals surface area (Å²) in [6, 6.07) is 12.3. The lowest BCUT2D eigenvalue weighted by atomic mass is 9.99. The zero-order valence-corrected chi connectivity index (χ0v) is 17.5. The molecule has 29 heavy (non-hydrogen) atoms. The van der Waals surface area contributed by atoms with Crippen molar-refractivity contribution in [1.82, 2.24) is 14.8 Å². The third kappa shape index (κ3) is 4.88. The Morgan fingerprint density at radius 3 is 2.34 bits per heavy atom. The van der Waals surface area contributed by atoms with Gasteiger partial charge in [-0.1, -0.05) is 6.92 Å². The second kappa shape index (κ2) is 8.82. The fraction of sp³-hybridized carbons (Fsp3) is 0.478. The summed E-state index contributed by atoms with van der Waals surface area (Å²) in [5, 5.41) is 3.41. The first-order valence-corrected chi connectivity index (χ1v) is 10.6. The molecule has 0 spiro atoms. The molecule has 0 atom stereocenters. The van der Waals surface area contributed by atoms with Gasteiger partial charge in [0.2, 0.25) is 0 Å². The number of piperidine rings is 1. The van der Waals surface area contributed by atoms with Gasteiger partial charge >= 0.3 is 0 Å². The molecule has 2 saturated heterocycles. The molecule has 0 saturated carbocycles. The van der Waals surface area contributed by atoms with Crippen molar-refractivity contribution in [2.75, 3.05) is 56.5 Å². The Hall–Kier alpha value is -2.60. The molecule has 2 fully saturated rings. The smallest absolute Gasteiger partial charge is 0.272 e. The molecule has 4 rings (SSSR count). The van der Waals surface area contributed by atoms with Crippen LogP contribution in [-0.2, 0) is 0 Å². The summed E-state index contributed by atoms with van der Waals surface area (Å²) < 4.78 is 0. The van der Waals surface area contributed by atoms with Gasteiger partial charge in [-0.25, -0.2) is 0 Å². The lowest BCUT2D eigenvalue weighted by Gasteiger charge is -2.34. The quantitative estimate of drug-likeness (QED) is 0.862. The average Bonchev–Trinajstić information content (AvgIpc) is 2.75. The van der Waals surface area contributed by atoms with Crippen molar-refractivity contribution in [3.63, 3.8) is 0 Å². The van der Waals surface area contributed by atoms with E-state index in [2.05, 4.69) is 58.3 Å². The number of rotatable bonds is 4. The Labute approximate surface area is 173 Å². The Balaban J connectivity index is 1.39. The summed E-state index contributed by atoms with van der Waals surface area (Å²) in [5.41, 5.74) is 3.67. The van der Waals surface area contributed by atoms with Gasteiger partial charge in [-0.15, -0.1) is 0 Å². The number of likely N-dealkylation sites (tertiary alicyclic amines) is 1. The number of benzene rings is 1. The molecule has 6 nitrogen and oxygen atoms in total. The van der Waals surface area contributed by atoms with Gasteiger partial charge in [0.25, 0.3) is 5.91 Å². The summed E-state index contributed by atoms with van der Waals surface area (Å²) in [6.07, 6.45) is 3.85. The van der Waals surface area contributed by atoms with Crippen LogP contribution in [0.15, 0.2) is 42.6 Å². The van der Waals surface area contributed by atoms with E-state index in [1.165, 1.54) is 5.69 Å². The number of piperazine rings is 1. The van der Waals surface area contributed by atoms with Gasteiger partial charge in [0.05, 0.1) is 0 Å². The number of carbonyl (C=O) groups excluding carboxylic acids is 1. The first-order chi connectivity index (χ1) is 14.1. The first-order valence-electron chi connectivity index (χ1n) is 10.6. The highest BCUT2D eigenvalue weighted by Gasteiger charge is 2.22. The van der Waals surface area contributed by atoms with E-state index in [1.807, 2.05) is 17.0 Å². The van der Waals surface area contributed by atoms with Crippen LogP contribution in [0.25, 0.3) is 0 Å². The van der Waals surface area contributed by atoms with E-state index in [9.17, 15) is 4.79 Å². The van der Waals surface area contributed by atoms with Crippen LogP contribution in [0.1, 0.15) is 30.3 Å². The maximum absolute atomic E-state index is 12.8. The van der Waals surface area contributed by atoms with E-state index in [0.29, 0.717) is 11.6 Å². The van der Waals surface area contributed by atoms with Crippen molar-refractivity contribution in [3.05, 3.63) is 48.3 Å². The van der Waals surface area contributed by atoms with Gasteiger partial charge < -0.3 is 20.0 Å². The number of hydrogen-bond acceptors (Lipinski definition) is 5. The lowest BCUT2D eigenvalue weighted by molar-refractivity contribution is 0.0691. The van der Waals surface area contributed by atoms with Crippen LogP contribution < -0.4 is 10.2 Å². The van der Waals surface area contributed by atoms with Crippen LogP contribution in [0.3, 0.4) is 0 Å². The van der Waals surface area contributed by atoms with Gasteiger partial charge in [-0.05, 0) is 62.2 Å². The molecule has 1 N–H and O–H groups in total. The molecule has 154 valence electrons. The van der Waals surface area contributed by atoms with E-state index in [1.54, 1.807) is 6.20 Å². The van der Waals surface area contributed by atoms with Crippen LogP contribution in [0.5, 0.6) is 0 Å². The predicted octanol–water partition coefficient (Wildman–Crippen LogP) is 3.45. The number of anilines is 3. The standard InChI is InChI=1S/C23H31N5O/c1-18-8-11-28(12-9-18)23(29)22-17-20(7-10-24-22)25-19-3-5-21(6-4-19)27-15-13-26(2)14-16-27/h3-7,10,17-18H,8-9,11-16H2,1-2H3,(H,24,25). The second-order valence-electron chi connectivity index (χ2n) is 8.37. The van der Waals surface area contributed by atoms with Crippen molar-refractivity contribution in [1.29, 1.82) is 0 Å². The van der Waals surface area contributed by atoms with Gasteiger partial charge in [-0.3, -0.25) is 9.78 Å². The Morgan fingerprint density at radius 1 is 0.966 bits per heavy atom. The normalized spacial score (nSPS) is 18.7. The SMILES string of the molecule is CC1CCN(C(=O)c2cc(Nc3ccc(N4CCN(C)CC4)cc3)ccn2)CC1. The topological polar surface area (TPSA) is 51.7 Å². The predicted molar refractivity (Wildman–Crippen MR) is 118 cm³/mol. The highest BCUT2D eigenvalue weighted by Crippen LogP contribution is 2.23. The minimum absolute atomic E-state index is 0.0333. The maximum atomic E-state index is 12.8. The summed E-state index contributed by atoms with van der Waals surface area (Å²) >= 11 is 0. The number of nitrogens with one attached hydrogen (secondary N) is 1. The first kappa shape index (κ1) is 19.7. The molecule has 0 unspecified atom stereocenters. The third-order valence-electron chi connectivity index (χ3n) is 6.07. The van der Waals surface area contributed by atoms with Crippen LogP contribution >= 0.6 is 0 Å². The molecule has 0 bridgehead atoms. The molecular formula is C23H31N5O. The van der Waals surface area contributed by atoms with Gasteiger partial charge in [0.15, 0.2) is 0 Å². The molecule has 2 aliphatic heterocycles. The lowest BCUT2D eigenvalue weighted by Crippen LogP contribution is -2.44. The zero-order chi connectivity index (χ0) is 20.2. The average molecular weight is 394 g/mol. The number of hydrogen-bond donors (Lipinski definition) is 1. The Bertz CT molecular complexity index is 821. The number of likely N-dealkylation sites (N-methyl/N-ethyl adjacent to an activating group) is 1. The van der Waals surface area contributed by atoms with E-state index in [-0.39, 0.29) is 5.91 Å². The molecule has 2 aliphatic rings. The minimum atomic E-state index is 0.0333. The van der Waals surface area contributed by atoms with E-state index in [4.69, 9.17) is 0 Å². The van der Waals surface area contributed by atoms with Crippen molar-refractivity contribution in [2.24, 2.45) is 5.92 Å².